The van der Waals surface area contributed by atoms with E-state index in [9.17, 15) is 4.79 Å². The number of rotatable bonds is 3. The molecular weight excluding hydrogens is 328 g/mol. The predicted molar refractivity (Wildman–Crippen MR) is 87.9 cm³/mol. The first-order valence-electron chi connectivity index (χ1n) is 7.65. The van der Waals surface area contributed by atoms with Crippen LogP contribution in [-0.2, 0) is 4.74 Å². The monoisotopic (exact) mass is 344 g/mol. The molecule has 0 spiro atoms. The van der Waals surface area contributed by atoms with E-state index in [4.69, 9.17) is 13.6 Å². The lowest BCUT2D eigenvalue weighted by atomic mass is 10.1. The summed E-state index contributed by atoms with van der Waals surface area (Å²) in [6.07, 6.45) is 3.21. The van der Waals surface area contributed by atoms with Crippen LogP contribution in [0.3, 0.4) is 0 Å². The van der Waals surface area contributed by atoms with Crippen LogP contribution in [0.4, 0.5) is 0 Å². The largest absolute Gasteiger partial charge is 0.472 e. The van der Waals surface area contributed by atoms with Gasteiger partial charge in [-0.3, -0.25) is 4.79 Å². The summed E-state index contributed by atoms with van der Waals surface area (Å²) >= 11 is 1.43. The molecule has 0 unspecified atom stereocenters. The lowest BCUT2D eigenvalue weighted by molar-refractivity contribution is -0.00919. The average Bonchev–Trinajstić information content (AvgIpc) is 3.34. The molecule has 0 N–H and O–H groups in total. The zero-order chi connectivity index (χ0) is 16.5. The second-order valence-electron chi connectivity index (χ2n) is 5.59. The SMILES string of the molecule is Cc1ccc([C@@H]2COCCN2C(=O)c2csc(-c3ccoc3)n2)o1. The number of carbonyl (C=O) groups is 1. The number of ether oxygens (including phenoxy) is 1. The fourth-order valence-electron chi connectivity index (χ4n) is 2.75. The molecule has 3 aromatic rings. The van der Waals surface area contributed by atoms with Crippen molar-refractivity contribution >= 4 is 17.2 Å². The van der Waals surface area contributed by atoms with Gasteiger partial charge in [0.1, 0.15) is 34.5 Å². The molecule has 0 aromatic carbocycles. The Morgan fingerprint density at radius 2 is 2.29 bits per heavy atom. The highest BCUT2D eigenvalue weighted by molar-refractivity contribution is 7.13. The third-order valence-corrected chi connectivity index (χ3v) is 4.86. The number of amides is 1. The number of hydrogen-bond acceptors (Lipinski definition) is 6. The molecule has 7 heteroatoms. The Morgan fingerprint density at radius 3 is 3.04 bits per heavy atom. The van der Waals surface area contributed by atoms with Crippen LogP contribution in [-0.4, -0.2) is 35.5 Å². The van der Waals surface area contributed by atoms with Crippen LogP contribution in [0.2, 0.25) is 0 Å². The number of aromatic nitrogens is 1. The molecule has 0 radical (unpaired) electrons. The fourth-order valence-corrected chi connectivity index (χ4v) is 3.53. The van der Waals surface area contributed by atoms with Crippen LogP contribution in [0.5, 0.6) is 0 Å². The summed E-state index contributed by atoms with van der Waals surface area (Å²) in [5.41, 5.74) is 1.31. The summed E-state index contributed by atoms with van der Waals surface area (Å²) in [5, 5.41) is 2.55. The molecule has 4 rings (SSSR count). The van der Waals surface area contributed by atoms with Gasteiger partial charge in [-0.05, 0) is 25.1 Å². The van der Waals surface area contributed by atoms with Gasteiger partial charge in [0, 0.05) is 17.5 Å². The second-order valence-corrected chi connectivity index (χ2v) is 6.45. The highest BCUT2D eigenvalue weighted by atomic mass is 32.1. The van der Waals surface area contributed by atoms with Crippen molar-refractivity contribution in [1.29, 1.82) is 0 Å². The molecule has 1 aliphatic rings. The first-order valence-corrected chi connectivity index (χ1v) is 8.53. The van der Waals surface area contributed by atoms with E-state index in [1.54, 1.807) is 22.8 Å². The molecule has 24 heavy (non-hydrogen) atoms. The van der Waals surface area contributed by atoms with Gasteiger partial charge in [-0.15, -0.1) is 11.3 Å². The molecule has 4 heterocycles. The molecule has 3 aromatic heterocycles. The van der Waals surface area contributed by atoms with E-state index in [2.05, 4.69) is 4.98 Å². The Hall–Kier alpha value is -2.38. The van der Waals surface area contributed by atoms with Gasteiger partial charge >= 0.3 is 0 Å². The molecule has 6 nitrogen and oxygen atoms in total. The summed E-state index contributed by atoms with van der Waals surface area (Å²) in [5.74, 6) is 1.45. The lowest BCUT2D eigenvalue weighted by Gasteiger charge is -2.33. The third-order valence-electron chi connectivity index (χ3n) is 3.97. The van der Waals surface area contributed by atoms with Crippen LogP contribution in [0.25, 0.3) is 10.6 Å². The zero-order valence-corrected chi connectivity index (χ0v) is 13.9. The molecule has 1 saturated heterocycles. The van der Waals surface area contributed by atoms with Crippen LogP contribution in [0, 0.1) is 6.92 Å². The Bertz CT molecular complexity index is 837. The maximum Gasteiger partial charge on any atom is 0.274 e. The van der Waals surface area contributed by atoms with Crippen molar-refractivity contribution in [1.82, 2.24) is 9.88 Å². The van der Waals surface area contributed by atoms with Gasteiger partial charge in [0.05, 0.1) is 19.5 Å². The second kappa shape index (κ2) is 6.26. The van der Waals surface area contributed by atoms with E-state index in [1.807, 2.05) is 25.1 Å². The first kappa shape index (κ1) is 15.2. The first-order chi connectivity index (χ1) is 11.7. The molecule has 0 aliphatic carbocycles. The van der Waals surface area contributed by atoms with E-state index in [-0.39, 0.29) is 11.9 Å². The van der Waals surface area contributed by atoms with Gasteiger partial charge in [0.2, 0.25) is 0 Å². The Kier molecular flexibility index (Phi) is 3.95. The molecule has 1 amide bonds. The molecule has 1 aliphatic heterocycles. The van der Waals surface area contributed by atoms with Gasteiger partial charge in [0.25, 0.3) is 5.91 Å². The number of carbonyl (C=O) groups excluding carboxylic acids is 1. The Morgan fingerprint density at radius 1 is 1.38 bits per heavy atom. The quantitative estimate of drug-likeness (QED) is 0.727. The minimum Gasteiger partial charge on any atom is -0.472 e. The summed E-state index contributed by atoms with van der Waals surface area (Å²) in [6, 6.07) is 5.40. The van der Waals surface area contributed by atoms with Crippen LogP contribution in [0.1, 0.15) is 28.1 Å². The van der Waals surface area contributed by atoms with Crippen molar-refractivity contribution in [2.75, 3.05) is 19.8 Å². The maximum absolute atomic E-state index is 12.9. The van der Waals surface area contributed by atoms with Gasteiger partial charge in [0.15, 0.2) is 0 Å². The van der Waals surface area contributed by atoms with E-state index < -0.39 is 0 Å². The van der Waals surface area contributed by atoms with Gasteiger partial charge in [-0.2, -0.15) is 0 Å². The van der Waals surface area contributed by atoms with E-state index in [1.165, 1.54) is 11.3 Å². The molecule has 124 valence electrons. The van der Waals surface area contributed by atoms with Crippen molar-refractivity contribution in [3.8, 4) is 10.6 Å². The van der Waals surface area contributed by atoms with Gasteiger partial charge < -0.3 is 18.5 Å². The predicted octanol–water partition coefficient (Wildman–Crippen LogP) is 3.52. The van der Waals surface area contributed by atoms with Crippen molar-refractivity contribution in [3.05, 3.63) is 53.3 Å². The number of furan rings is 2. The summed E-state index contributed by atoms with van der Waals surface area (Å²) < 4.78 is 16.3. The molecule has 1 atom stereocenters. The molecule has 0 saturated carbocycles. The Labute approximate surface area is 142 Å². The van der Waals surface area contributed by atoms with Crippen LogP contribution < -0.4 is 0 Å². The van der Waals surface area contributed by atoms with Crippen molar-refractivity contribution < 1.29 is 18.4 Å². The van der Waals surface area contributed by atoms with Crippen molar-refractivity contribution in [2.24, 2.45) is 0 Å². The Balaban J connectivity index is 1.60. The highest BCUT2D eigenvalue weighted by Crippen LogP contribution is 2.29. The number of aryl methyl sites for hydroxylation is 1. The smallest absolute Gasteiger partial charge is 0.274 e. The van der Waals surface area contributed by atoms with Gasteiger partial charge in [-0.25, -0.2) is 4.98 Å². The standard InChI is InChI=1S/C17H16N2O4S/c1-11-2-3-15(23-11)14-9-22-7-5-19(14)17(20)13-10-24-16(18-13)12-4-6-21-8-12/h2-4,6,8,10,14H,5,7,9H2,1H3/t14-/m0/s1. The van der Waals surface area contributed by atoms with Crippen molar-refractivity contribution in [2.45, 2.75) is 13.0 Å². The summed E-state index contributed by atoms with van der Waals surface area (Å²) in [4.78, 5) is 19.2. The molecule has 0 bridgehead atoms. The van der Waals surface area contributed by atoms with Crippen LogP contribution in [0.15, 0.2) is 44.9 Å². The van der Waals surface area contributed by atoms with Crippen LogP contribution >= 0.6 is 11.3 Å². The lowest BCUT2D eigenvalue weighted by Crippen LogP contribution is -2.43. The van der Waals surface area contributed by atoms with E-state index in [0.717, 1.165) is 22.1 Å². The topological polar surface area (TPSA) is 68.7 Å². The van der Waals surface area contributed by atoms with Crippen molar-refractivity contribution in [3.63, 3.8) is 0 Å². The summed E-state index contributed by atoms with van der Waals surface area (Å²) in [6.45, 7) is 3.34. The summed E-state index contributed by atoms with van der Waals surface area (Å²) in [7, 11) is 0. The van der Waals surface area contributed by atoms with Gasteiger partial charge in [-0.1, -0.05) is 0 Å². The third kappa shape index (κ3) is 2.76. The average molecular weight is 344 g/mol. The highest BCUT2D eigenvalue weighted by Gasteiger charge is 2.32. The minimum atomic E-state index is -0.223. The number of morpholine rings is 1. The minimum absolute atomic E-state index is 0.108. The number of thiazole rings is 1. The fraction of sp³-hybridized carbons (Fsp3) is 0.294. The normalized spacial score (nSPS) is 18.0. The van der Waals surface area contributed by atoms with E-state index in [0.29, 0.717) is 25.5 Å². The maximum atomic E-state index is 12.9. The van der Waals surface area contributed by atoms with E-state index >= 15 is 0 Å². The molecule has 1 fully saturated rings. The number of hydrogen-bond donors (Lipinski definition) is 0. The zero-order valence-electron chi connectivity index (χ0n) is 13.1. The number of nitrogens with zero attached hydrogens (tertiary/aromatic N) is 2. The molecular formula is C17H16N2O4S.